The molecule has 0 saturated carbocycles. The van der Waals surface area contributed by atoms with E-state index in [1.54, 1.807) is 0 Å². The van der Waals surface area contributed by atoms with Crippen molar-refractivity contribution >= 4 is 5.78 Å². The van der Waals surface area contributed by atoms with E-state index in [4.69, 9.17) is 0 Å². The van der Waals surface area contributed by atoms with E-state index in [2.05, 4.69) is 0 Å². The van der Waals surface area contributed by atoms with Gasteiger partial charge in [-0.2, -0.15) is 0 Å². The topological polar surface area (TPSA) is 40.2 Å². The van der Waals surface area contributed by atoms with Crippen LogP contribution in [0.1, 0.15) is 60.3 Å². The van der Waals surface area contributed by atoms with E-state index in [9.17, 15) is 10.0 Å². The molecule has 0 aliphatic carbocycles. The number of hydroxylamine groups is 2. The number of Topliss-reactive ketones (excluding diaryl/α,β-unsaturated/α-hetero) is 1. The summed E-state index contributed by atoms with van der Waals surface area (Å²) in [7, 11) is 0. The Bertz CT molecular complexity index is 279. The zero-order valence-corrected chi connectivity index (χ0v) is 11.2. The van der Waals surface area contributed by atoms with Crippen molar-refractivity contribution in [3.63, 3.8) is 0 Å². The summed E-state index contributed by atoms with van der Waals surface area (Å²) in [5.41, 5.74) is -0.927. The van der Waals surface area contributed by atoms with Crippen LogP contribution in [0.5, 0.6) is 0 Å². The van der Waals surface area contributed by atoms with Crippen molar-refractivity contribution in [3.05, 3.63) is 0 Å². The first-order valence-electron chi connectivity index (χ1n) is 6.29. The predicted molar refractivity (Wildman–Crippen MR) is 63.3 cm³/mol. The molecular formula is C13H24NO2. The zero-order valence-electron chi connectivity index (χ0n) is 11.2. The first-order chi connectivity index (χ1) is 7.30. The predicted octanol–water partition coefficient (Wildman–Crippen LogP) is 2.97. The Labute approximate surface area is 98.8 Å². The zero-order chi connectivity index (χ0) is 12.6. The van der Waals surface area contributed by atoms with E-state index in [0.717, 1.165) is 12.8 Å². The average molecular weight is 226 g/mol. The Morgan fingerprint density at radius 3 is 2.31 bits per heavy atom. The third-order valence-electron chi connectivity index (χ3n) is 4.61. The molecule has 0 N–H and O–H groups in total. The van der Waals surface area contributed by atoms with Gasteiger partial charge in [-0.05, 0) is 32.6 Å². The quantitative estimate of drug-likeness (QED) is 0.726. The average Bonchev–Trinajstić information content (AvgIpc) is 2.30. The van der Waals surface area contributed by atoms with Gasteiger partial charge in [0.1, 0.15) is 5.78 Å². The minimum Gasteiger partial charge on any atom is -0.300 e. The SMILES string of the molecule is CCC1(C)CC(=O)CC(C)C(C)(CC)N1[O]. The van der Waals surface area contributed by atoms with Gasteiger partial charge in [-0.1, -0.05) is 20.8 Å². The lowest BCUT2D eigenvalue weighted by atomic mass is 9.81. The summed E-state index contributed by atoms with van der Waals surface area (Å²) in [5.74, 6) is 0.366. The van der Waals surface area contributed by atoms with Crippen LogP contribution in [0.2, 0.25) is 0 Å². The van der Waals surface area contributed by atoms with Gasteiger partial charge in [-0.15, -0.1) is 10.3 Å². The van der Waals surface area contributed by atoms with Crippen LogP contribution in [0.15, 0.2) is 0 Å². The number of nitrogens with zero attached hydrogens (tertiary/aromatic N) is 1. The highest BCUT2D eigenvalue weighted by Gasteiger charge is 2.49. The van der Waals surface area contributed by atoms with Crippen LogP contribution in [-0.2, 0) is 10.0 Å². The van der Waals surface area contributed by atoms with Gasteiger partial charge in [0.25, 0.3) is 0 Å². The van der Waals surface area contributed by atoms with Gasteiger partial charge in [0.15, 0.2) is 0 Å². The molecule has 1 fully saturated rings. The number of carbonyl (C=O) groups excluding carboxylic acids is 1. The van der Waals surface area contributed by atoms with Crippen molar-refractivity contribution in [1.82, 2.24) is 5.06 Å². The fourth-order valence-corrected chi connectivity index (χ4v) is 2.71. The van der Waals surface area contributed by atoms with Gasteiger partial charge in [0, 0.05) is 18.4 Å². The fraction of sp³-hybridized carbons (Fsp3) is 0.923. The smallest absolute Gasteiger partial charge is 0.135 e. The summed E-state index contributed by atoms with van der Waals surface area (Å²) < 4.78 is 0. The number of ketones is 1. The number of rotatable bonds is 2. The maximum Gasteiger partial charge on any atom is 0.135 e. The fourth-order valence-electron chi connectivity index (χ4n) is 2.71. The van der Waals surface area contributed by atoms with E-state index in [0.29, 0.717) is 12.8 Å². The van der Waals surface area contributed by atoms with Gasteiger partial charge in [0.05, 0.1) is 5.54 Å². The first kappa shape index (κ1) is 13.7. The summed E-state index contributed by atoms with van der Waals surface area (Å²) >= 11 is 0. The van der Waals surface area contributed by atoms with Crippen LogP contribution in [0.25, 0.3) is 0 Å². The summed E-state index contributed by atoms with van der Waals surface area (Å²) in [6.07, 6.45) is 2.46. The molecule has 0 bridgehead atoms. The molecule has 93 valence electrons. The van der Waals surface area contributed by atoms with Crippen LogP contribution in [0.4, 0.5) is 0 Å². The summed E-state index contributed by atoms with van der Waals surface area (Å²) in [6.45, 7) is 9.96. The molecule has 0 spiro atoms. The summed E-state index contributed by atoms with van der Waals surface area (Å²) in [5, 5.41) is 13.8. The standard InChI is InChI=1S/C13H24NO2/c1-6-12(4)9-11(15)8-10(3)13(5,7-2)14(12)16/h10H,6-9H2,1-5H3. The largest absolute Gasteiger partial charge is 0.300 e. The van der Waals surface area contributed by atoms with Gasteiger partial charge >= 0.3 is 0 Å². The Balaban J connectivity index is 3.15. The molecule has 1 aliphatic heterocycles. The van der Waals surface area contributed by atoms with Crippen LogP contribution in [0, 0.1) is 5.92 Å². The lowest BCUT2D eigenvalue weighted by molar-refractivity contribution is -0.288. The van der Waals surface area contributed by atoms with Crippen LogP contribution >= 0.6 is 0 Å². The Hall–Kier alpha value is -0.410. The van der Waals surface area contributed by atoms with E-state index >= 15 is 0 Å². The Morgan fingerprint density at radius 2 is 1.88 bits per heavy atom. The molecule has 0 aromatic carbocycles. The monoisotopic (exact) mass is 226 g/mol. The molecule has 16 heavy (non-hydrogen) atoms. The number of hydrogen-bond donors (Lipinski definition) is 0. The molecule has 1 radical (unpaired) electrons. The minimum absolute atomic E-state index is 0.135. The number of hydrogen-bond acceptors (Lipinski definition) is 2. The molecule has 3 atom stereocenters. The Kier molecular flexibility index (Phi) is 3.80. The minimum atomic E-state index is -0.521. The van der Waals surface area contributed by atoms with Crippen molar-refractivity contribution in [2.75, 3.05) is 0 Å². The van der Waals surface area contributed by atoms with Gasteiger partial charge in [0.2, 0.25) is 0 Å². The molecule has 3 heteroatoms. The number of carbonyl (C=O) groups is 1. The molecule has 1 saturated heterocycles. The van der Waals surface area contributed by atoms with Crippen LogP contribution < -0.4 is 0 Å². The van der Waals surface area contributed by atoms with Gasteiger partial charge < -0.3 is 0 Å². The second-order valence-corrected chi connectivity index (χ2v) is 5.68. The second-order valence-electron chi connectivity index (χ2n) is 5.68. The van der Waals surface area contributed by atoms with Crippen molar-refractivity contribution in [2.24, 2.45) is 5.92 Å². The molecule has 1 heterocycles. The summed E-state index contributed by atoms with van der Waals surface area (Å²) in [6, 6.07) is 0. The van der Waals surface area contributed by atoms with Crippen molar-refractivity contribution < 1.29 is 10.0 Å². The maximum absolute atomic E-state index is 12.6. The normalized spacial score (nSPS) is 42.1. The summed E-state index contributed by atoms with van der Waals surface area (Å²) in [4.78, 5) is 11.9. The lowest BCUT2D eigenvalue weighted by Crippen LogP contribution is -2.56. The van der Waals surface area contributed by atoms with Crippen LogP contribution in [0.3, 0.4) is 0 Å². The highest BCUT2D eigenvalue weighted by atomic mass is 16.5. The van der Waals surface area contributed by atoms with E-state index in [1.165, 1.54) is 5.06 Å². The van der Waals surface area contributed by atoms with Crippen molar-refractivity contribution in [2.45, 2.75) is 71.4 Å². The van der Waals surface area contributed by atoms with E-state index < -0.39 is 11.1 Å². The molecule has 3 nitrogen and oxygen atoms in total. The van der Waals surface area contributed by atoms with Gasteiger partial charge in [-0.25, -0.2) is 0 Å². The molecule has 0 amide bonds. The molecule has 0 aromatic rings. The van der Waals surface area contributed by atoms with E-state index in [-0.39, 0.29) is 11.7 Å². The molecule has 3 unspecified atom stereocenters. The molecule has 0 aromatic heterocycles. The maximum atomic E-state index is 12.6. The van der Waals surface area contributed by atoms with Gasteiger partial charge in [-0.3, -0.25) is 4.79 Å². The highest BCUT2D eigenvalue weighted by Crippen LogP contribution is 2.41. The molecule has 1 aliphatic rings. The second kappa shape index (κ2) is 4.46. The third-order valence-corrected chi connectivity index (χ3v) is 4.61. The molecule has 1 rings (SSSR count). The van der Waals surface area contributed by atoms with E-state index in [1.807, 2.05) is 34.6 Å². The Morgan fingerprint density at radius 1 is 1.31 bits per heavy atom. The van der Waals surface area contributed by atoms with Crippen LogP contribution in [-0.4, -0.2) is 21.9 Å². The lowest BCUT2D eigenvalue weighted by Gasteiger charge is -2.45. The first-order valence-corrected chi connectivity index (χ1v) is 6.29. The third kappa shape index (κ3) is 2.03. The molecular weight excluding hydrogens is 202 g/mol. The van der Waals surface area contributed by atoms with Crippen molar-refractivity contribution in [1.29, 1.82) is 0 Å². The van der Waals surface area contributed by atoms with Crippen molar-refractivity contribution in [3.8, 4) is 0 Å². The highest BCUT2D eigenvalue weighted by molar-refractivity contribution is 5.80.